The quantitative estimate of drug-likeness (QED) is 0.543. The van der Waals surface area contributed by atoms with E-state index in [2.05, 4.69) is 17.1 Å². The summed E-state index contributed by atoms with van der Waals surface area (Å²) in [6.45, 7) is 5.35. The maximum Gasteiger partial charge on any atom is 0.349 e. The summed E-state index contributed by atoms with van der Waals surface area (Å²) in [6, 6.07) is 9.01. The highest BCUT2D eigenvalue weighted by Gasteiger charge is 2.37. The summed E-state index contributed by atoms with van der Waals surface area (Å²) < 4.78 is 10.9. The van der Waals surface area contributed by atoms with Crippen LogP contribution in [0.1, 0.15) is 23.2 Å². The lowest BCUT2D eigenvalue weighted by Crippen LogP contribution is -2.45. The minimum absolute atomic E-state index is 0.134. The highest BCUT2D eigenvalue weighted by atomic mass is 16.5. The van der Waals surface area contributed by atoms with E-state index in [1.54, 1.807) is 12.1 Å². The Kier molecular flexibility index (Phi) is 5.44. The van der Waals surface area contributed by atoms with Gasteiger partial charge in [-0.3, -0.25) is 9.69 Å². The maximum atomic E-state index is 13.5. The number of carbonyl (C=O) groups excluding carboxylic acids is 1. The Labute approximate surface area is 176 Å². The number of hydrogen-bond acceptors (Lipinski definition) is 5. The molecule has 2 aromatic rings. The van der Waals surface area contributed by atoms with Gasteiger partial charge >= 0.3 is 5.63 Å². The van der Waals surface area contributed by atoms with E-state index >= 15 is 0 Å². The number of para-hydroxylation sites is 1. The molecular weight excluding hydrogens is 380 g/mol. The van der Waals surface area contributed by atoms with Gasteiger partial charge in [-0.05, 0) is 42.7 Å². The molecule has 6 heteroatoms. The van der Waals surface area contributed by atoms with Crippen molar-refractivity contribution in [3.05, 3.63) is 58.5 Å². The van der Waals surface area contributed by atoms with Crippen LogP contribution in [0.15, 0.2) is 51.7 Å². The maximum absolute atomic E-state index is 13.5. The number of hydrogen-bond donors (Lipinski definition) is 0. The van der Waals surface area contributed by atoms with Crippen molar-refractivity contribution in [3.8, 4) is 0 Å². The van der Waals surface area contributed by atoms with Crippen molar-refractivity contribution in [2.45, 2.75) is 12.8 Å². The van der Waals surface area contributed by atoms with Crippen LogP contribution in [0.4, 0.5) is 0 Å². The first-order valence-electron chi connectivity index (χ1n) is 11.0. The molecule has 2 bridgehead atoms. The van der Waals surface area contributed by atoms with Crippen molar-refractivity contribution in [2.24, 2.45) is 17.8 Å². The van der Waals surface area contributed by atoms with Gasteiger partial charge < -0.3 is 14.1 Å². The van der Waals surface area contributed by atoms with Gasteiger partial charge in [0.05, 0.1) is 13.2 Å². The Morgan fingerprint density at radius 2 is 1.97 bits per heavy atom. The number of morpholine rings is 1. The molecule has 0 spiro atoms. The van der Waals surface area contributed by atoms with Crippen LogP contribution in [0.5, 0.6) is 0 Å². The second-order valence-electron chi connectivity index (χ2n) is 8.73. The van der Waals surface area contributed by atoms with Gasteiger partial charge in [0.25, 0.3) is 5.91 Å². The highest BCUT2D eigenvalue weighted by Crippen LogP contribution is 2.43. The number of benzene rings is 1. The van der Waals surface area contributed by atoms with Gasteiger partial charge in [-0.25, -0.2) is 4.79 Å². The standard InChI is InChI=1S/C24H28N2O4/c27-23(21-15-19-3-1-2-4-22(19)30-24(21)28)26(8-7-25-9-11-29-12-10-25)16-20-14-17-5-6-18(20)13-17/h1-6,15,17-18,20H,7-14,16H2/t17-,18+,20-/m1/s1. The Bertz CT molecular complexity index is 1010. The average Bonchev–Trinajstić information content (AvgIpc) is 3.40. The fourth-order valence-corrected chi connectivity index (χ4v) is 5.13. The third-order valence-electron chi connectivity index (χ3n) is 6.82. The Hall–Kier alpha value is -2.44. The Balaban J connectivity index is 1.38. The summed E-state index contributed by atoms with van der Waals surface area (Å²) in [7, 11) is 0. The number of nitrogens with zero attached hydrogens (tertiary/aromatic N) is 2. The fraction of sp³-hybridized carbons (Fsp3) is 0.500. The van der Waals surface area contributed by atoms with Crippen LogP contribution in [0.25, 0.3) is 11.0 Å². The molecule has 3 aliphatic rings. The predicted molar refractivity (Wildman–Crippen MR) is 114 cm³/mol. The molecule has 2 heterocycles. The van der Waals surface area contributed by atoms with Gasteiger partial charge in [0.15, 0.2) is 0 Å². The summed E-state index contributed by atoms with van der Waals surface area (Å²) in [5.74, 6) is 1.47. The molecule has 1 aromatic heterocycles. The molecule has 158 valence electrons. The van der Waals surface area contributed by atoms with E-state index in [4.69, 9.17) is 9.15 Å². The van der Waals surface area contributed by atoms with Crippen molar-refractivity contribution in [1.82, 2.24) is 9.80 Å². The zero-order chi connectivity index (χ0) is 20.5. The summed E-state index contributed by atoms with van der Waals surface area (Å²) in [5, 5.41) is 0.774. The van der Waals surface area contributed by atoms with Crippen LogP contribution in [0.3, 0.4) is 0 Å². The molecule has 0 unspecified atom stereocenters. The van der Waals surface area contributed by atoms with Crippen molar-refractivity contribution < 1.29 is 13.9 Å². The van der Waals surface area contributed by atoms with Gasteiger partial charge in [-0.1, -0.05) is 30.4 Å². The predicted octanol–water partition coefficient (Wildman–Crippen LogP) is 2.78. The molecule has 3 atom stereocenters. The number of rotatable bonds is 6. The summed E-state index contributed by atoms with van der Waals surface area (Å²) in [5.41, 5.74) is 0.0921. The molecule has 30 heavy (non-hydrogen) atoms. The van der Waals surface area contributed by atoms with Crippen molar-refractivity contribution in [2.75, 3.05) is 45.9 Å². The zero-order valence-corrected chi connectivity index (χ0v) is 17.2. The average molecular weight is 408 g/mol. The van der Waals surface area contributed by atoms with Gasteiger partial charge in [-0.15, -0.1) is 0 Å². The third kappa shape index (κ3) is 3.94. The van der Waals surface area contributed by atoms with Crippen LogP contribution >= 0.6 is 0 Å². The first-order valence-corrected chi connectivity index (χ1v) is 11.0. The fourth-order valence-electron chi connectivity index (χ4n) is 5.13. The molecule has 1 aromatic carbocycles. The Morgan fingerprint density at radius 1 is 1.13 bits per heavy atom. The smallest absolute Gasteiger partial charge is 0.349 e. The highest BCUT2D eigenvalue weighted by molar-refractivity contribution is 5.96. The monoisotopic (exact) mass is 408 g/mol. The number of allylic oxidation sites excluding steroid dienone is 2. The van der Waals surface area contributed by atoms with Crippen molar-refractivity contribution in [3.63, 3.8) is 0 Å². The number of ether oxygens (including phenoxy) is 1. The first-order chi connectivity index (χ1) is 14.7. The molecule has 1 saturated heterocycles. The van der Waals surface area contributed by atoms with E-state index in [0.717, 1.165) is 44.7 Å². The molecule has 1 aliphatic heterocycles. The number of amides is 1. The van der Waals surface area contributed by atoms with E-state index < -0.39 is 5.63 Å². The van der Waals surface area contributed by atoms with Crippen LogP contribution in [0, 0.1) is 17.8 Å². The zero-order valence-electron chi connectivity index (χ0n) is 17.2. The van der Waals surface area contributed by atoms with E-state index in [9.17, 15) is 9.59 Å². The molecule has 0 N–H and O–H groups in total. The lowest BCUT2D eigenvalue weighted by molar-refractivity contribution is 0.0313. The second-order valence-corrected chi connectivity index (χ2v) is 8.73. The molecule has 2 aliphatic carbocycles. The SMILES string of the molecule is O=C(c1cc2ccccc2oc1=O)N(CCN1CCOCC1)C[C@H]1C[C@@H]2C=C[C@H]1C2. The van der Waals surface area contributed by atoms with Gasteiger partial charge in [0.1, 0.15) is 11.1 Å². The van der Waals surface area contributed by atoms with Crippen LogP contribution in [0.2, 0.25) is 0 Å². The first kappa shape index (κ1) is 19.5. The molecule has 5 rings (SSSR count). The van der Waals surface area contributed by atoms with Crippen LogP contribution < -0.4 is 5.63 Å². The third-order valence-corrected chi connectivity index (χ3v) is 6.82. The molecule has 1 saturated carbocycles. The van der Waals surface area contributed by atoms with E-state index in [1.165, 1.54) is 6.42 Å². The lowest BCUT2D eigenvalue weighted by atomic mass is 9.93. The van der Waals surface area contributed by atoms with Gasteiger partial charge in [0, 0.05) is 38.1 Å². The summed E-state index contributed by atoms with van der Waals surface area (Å²) in [4.78, 5) is 30.3. The van der Waals surface area contributed by atoms with Gasteiger partial charge in [-0.2, -0.15) is 0 Å². The van der Waals surface area contributed by atoms with Crippen LogP contribution in [-0.4, -0.2) is 61.6 Å². The largest absolute Gasteiger partial charge is 0.422 e. The van der Waals surface area contributed by atoms with E-state index in [0.29, 0.717) is 36.4 Å². The Morgan fingerprint density at radius 3 is 2.73 bits per heavy atom. The summed E-state index contributed by atoms with van der Waals surface area (Å²) in [6.07, 6.45) is 6.97. The van der Waals surface area contributed by atoms with Gasteiger partial charge in [0.2, 0.25) is 0 Å². The van der Waals surface area contributed by atoms with Crippen molar-refractivity contribution >= 4 is 16.9 Å². The molecule has 0 radical (unpaired) electrons. The molecule has 1 amide bonds. The normalized spacial score (nSPS) is 25.8. The minimum Gasteiger partial charge on any atom is -0.422 e. The second kappa shape index (κ2) is 8.36. The molecule has 6 nitrogen and oxygen atoms in total. The van der Waals surface area contributed by atoms with E-state index in [1.807, 2.05) is 23.1 Å². The van der Waals surface area contributed by atoms with Crippen molar-refractivity contribution in [1.29, 1.82) is 0 Å². The number of fused-ring (bicyclic) bond motifs is 3. The van der Waals surface area contributed by atoms with E-state index in [-0.39, 0.29) is 11.5 Å². The molecule has 2 fully saturated rings. The summed E-state index contributed by atoms with van der Waals surface area (Å²) >= 11 is 0. The minimum atomic E-state index is -0.553. The number of carbonyl (C=O) groups is 1. The lowest BCUT2D eigenvalue weighted by Gasteiger charge is -2.32. The molecular formula is C24H28N2O4. The topological polar surface area (TPSA) is 63.0 Å². The van der Waals surface area contributed by atoms with Crippen LogP contribution in [-0.2, 0) is 4.74 Å².